The number of non-ortho nitro benzene ring substituents is 1. The van der Waals surface area contributed by atoms with Gasteiger partial charge in [0.2, 0.25) is 0 Å². The first kappa shape index (κ1) is 16.8. The number of thiocarbonyl (C=S) groups is 1. The highest BCUT2D eigenvalue weighted by Gasteiger charge is 2.54. The maximum absolute atomic E-state index is 11.1. The summed E-state index contributed by atoms with van der Waals surface area (Å²) in [5, 5.41) is 15.1. The van der Waals surface area contributed by atoms with Crippen LogP contribution in [0.3, 0.4) is 0 Å². The molecule has 0 spiro atoms. The summed E-state index contributed by atoms with van der Waals surface area (Å²) in [6.45, 7) is 6.13. The van der Waals surface area contributed by atoms with E-state index in [1.807, 2.05) is 36.9 Å². The Labute approximate surface area is 156 Å². The van der Waals surface area contributed by atoms with E-state index in [-0.39, 0.29) is 22.6 Å². The minimum atomic E-state index is -0.691. The number of nitro benzene ring substituents is 1. The number of ether oxygens (including phenoxy) is 1. The molecule has 2 heterocycles. The molecule has 0 amide bonds. The Morgan fingerprint density at radius 2 is 2.08 bits per heavy atom. The fourth-order valence-electron chi connectivity index (χ4n) is 3.87. The number of benzene rings is 2. The number of fused-ring (bicyclic) bond motifs is 4. The SMILES string of the molecule is Cc1cccc(N2C(=S)N[C@H]3c4cc([N+](=O)[O-])ccc4O[C@@]2(C)[C@@H]3C)c1. The number of aryl methyl sites for hydroxylation is 1. The highest BCUT2D eigenvalue weighted by Crippen LogP contribution is 2.49. The summed E-state index contributed by atoms with van der Waals surface area (Å²) in [4.78, 5) is 12.8. The smallest absolute Gasteiger partial charge is 0.270 e. The summed E-state index contributed by atoms with van der Waals surface area (Å²) in [5.74, 6) is 0.665. The van der Waals surface area contributed by atoms with E-state index in [1.54, 1.807) is 12.1 Å². The number of nitrogens with one attached hydrogen (secondary N) is 1. The zero-order chi connectivity index (χ0) is 18.6. The normalized spacial score (nSPS) is 26.6. The van der Waals surface area contributed by atoms with E-state index in [9.17, 15) is 10.1 Å². The van der Waals surface area contributed by atoms with Crippen molar-refractivity contribution in [1.29, 1.82) is 0 Å². The summed E-state index contributed by atoms with van der Waals surface area (Å²) in [7, 11) is 0. The lowest BCUT2D eigenvalue weighted by Gasteiger charge is -2.56. The van der Waals surface area contributed by atoms with Crippen LogP contribution in [0.2, 0.25) is 0 Å². The fourth-order valence-corrected chi connectivity index (χ4v) is 4.29. The first-order chi connectivity index (χ1) is 12.3. The van der Waals surface area contributed by atoms with E-state index in [2.05, 4.69) is 18.3 Å². The zero-order valence-electron chi connectivity index (χ0n) is 14.7. The van der Waals surface area contributed by atoms with Gasteiger partial charge in [0.1, 0.15) is 5.75 Å². The molecule has 6 nitrogen and oxygen atoms in total. The van der Waals surface area contributed by atoms with Crippen LogP contribution in [-0.2, 0) is 0 Å². The molecule has 1 fully saturated rings. The summed E-state index contributed by atoms with van der Waals surface area (Å²) < 4.78 is 6.39. The van der Waals surface area contributed by atoms with Gasteiger partial charge in [0.05, 0.1) is 11.0 Å². The van der Waals surface area contributed by atoms with Crippen molar-refractivity contribution in [3.8, 4) is 5.75 Å². The Kier molecular flexibility index (Phi) is 3.66. The van der Waals surface area contributed by atoms with Gasteiger partial charge in [-0.15, -0.1) is 0 Å². The van der Waals surface area contributed by atoms with Crippen LogP contribution in [0.1, 0.15) is 31.0 Å². The summed E-state index contributed by atoms with van der Waals surface area (Å²) >= 11 is 5.65. The molecule has 1 N–H and O–H groups in total. The van der Waals surface area contributed by atoms with Crippen LogP contribution >= 0.6 is 12.2 Å². The lowest BCUT2D eigenvalue weighted by molar-refractivity contribution is -0.385. The van der Waals surface area contributed by atoms with Crippen molar-refractivity contribution in [1.82, 2.24) is 5.32 Å². The quantitative estimate of drug-likeness (QED) is 0.489. The molecular weight excluding hydrogens is 350 g/mol. The third-order valence-electron chi connectivity index (χ3n) is 5.39. The molecule has 4 rings (SSSR count). The average molecular weight is 369 g/mol. The van der Waals surface area contributed by atoms with Gasteiger partial charge >= 0.3 is 0 Å². The minimum Gasteiger partial charge on any atom is -0.467 e. The molecule has 0 aliphatic carbocycles. The Hall–Kier alpha value is -2.67. The highest BCUT2D eigenvalue weighted by molar-refractivity contribution is 7.80. The van der Waals surface area contributed by atoms with Gasteiger partial charge < -0.3 is 10.1 Å². The van der Waals surface area contributed by atoms with Crippen molar-refractivity contribution in [2.75, 3.05) is 4.90 Å². The van der Waals surface area contributed by atoms with Gasteiger partial charge in [-0.25, -0.2) is 0 Å². The molecule has 0 saturated carbocycles. The third-order valence-corrected chi connectivity index (χ3v) is 5.69. The molecule has 7 heteroatoms. The van der Waals surface area contributed by atoms with E-state index in [1.165, 1.54) is 6.07 Å². The van der Waals surface area contributed by atoms with Crippen LogP contribution in [0.5, 0.6) is 5.75 Å². The number of nitrogens with zero attached hydrogens (tertiary/aromatic N) is 2. The highest BCUT2D eigenvalue weighted by atomic mass is 32.1. The first-order valence-electron chi connectivity index (χ1n) is 8.46. The lowest BCUT2D eigenvalue weighted by atomic mass is 9.80. The van der Waals surface area contributed by atoms with Crippen molar-refractivity contribution in [2.24, 2.45) is 5.92 Å². The van der Waals surface area contributed by atoms with Gasteiger partial charge in [-0.2, -0.15) is 0 Å². The molecule has 2 aliphatic rings. The second-order valence-electron chi connectivity index (χ2n) is 7.03. The van der Waals surface area contributed by atoms with Crippen molar-refractivity contribution in [3.05, 3.63) is 63.7 Å². The average Bonchev–Trinajstić information content (AvgIpc) is 2.57. The Bertz CT molecular complexity index is 932. The van der Waals surface area contributed by atoms with Crippen molar-refractivity contribution < 1.29 is 9.66 Å². The molecule has 134 valence electrons. The van der Waals surface area contributed by atoms with Crippen LogP contribution in [0.15, 0.2) is 42.5 Å². The van der Waals surface area contributed by atoms with E-state index >= 15 is 0 Å². The van der Waals surface area contributed by atoms with Crippen LogP contribution in [0.25, 0.3) is 0 Å². The van der Waals surface area contributed by atoms with Gasteiger partial charge in [0.25, 0.3) is 5.69 Å². The second kappa shape index (κ2) is 5.67. The molecule has 0 radical (unpaired) electrons. The molecule has 2 aliphatic heterocycles. The van der Waals surface area contributed by atoms with Gasteiger partial charge in [-0.05, 0) is 49.8 Å². The Morgan fingerprint density at radius 1 is 1.31 bits per heavy atom. The molecule has 2 bridgehead atoms. The molecule has 2 aromatic carbocycles. The molecule has 0 aromatic heterocycles. The molecule has 0 unspecified atom stereocenters. The molecular formula is C19H19N3O3S. The minimum absolute atomic E-state index is 0.0178. The monoisotopic (exact) mass is 369 g/mol. The van der Waals surface area contributed by atoms with Crippen LogP contribution in [0.4, 0.5) is 11.4 Å². The summed E-state index contributed by atoms with van der Waals surface area (Å²) in [6.07, 6.45) is 0. The second-order valence-corrected chi connectivity index (χ2v) is 7.41. The van der Waals surface area contributed by atoms with E-state index in [4.69, 9.17) is 17.0 Å². The molecule has 3 atom stereocenters. The summed E-state index contributed by atoms with van der Waals surface area (Å²) in [5.41, 5.74) is 2.23. The van der Waals surface area contributed by atoms with Crippen LogP contribution in [0, 0.1) is 23.0 Å². The predicted molar refractivity (Wildman–Crippen MR) is 103 cm³/mol. The maximum Gasteiger partial charge on any atom is 0.270 e. The maximum atomic E-state index is 11.1. The van der Waals surface area contributed by atoms with Gasteiger partial charge in [0.15, 0.2) is 10.8 Å². The van der Waals surface area contributed by atoms with E-state index < -0.39 is 5.72 Å². The van der Waals surface area contributed by atoms with Crippen molar-refractivity contribution in [2.45, 2.75) is 32.5 Å². The predicted octanol–water partition coefficient (Wildman–Crippen LogP) is 4.08. The van der Waals surface area contributed by atoms with Crippen LogP contribution in [-0.4, -0.2) is 15.8 Å². The van der Waals surface area contributed by atoms with Gasteiger partial charge in [-0.3, -0.25) is 15.0 Å². The summed E-state index contributed by atoms with van der Waals surface area (Å²) in [6, 6.07) is 12.7. The molecule has 1 saturated heterocycles. The van der Waals surface area contributed by atoms with Crippen LogP contribution < -0.4 is 15.0 Å². The van der Waals surface area contributed by atoms with E-state index in [0.29, 0.717) is 10.9 Å². The van der Waals surface area contributed by atoms with Gasteiger partial charge in [-0.1, -0.05) is 19.1 Å². The van der Waals surface area contributed by atoms with Crippen molar-refractivity contribution >= 4 is 28.7 Å². The number of hydrogen-bond acceptors (Lipinski definition) is 4. The number of rotatable bonds is 2. The molecule has 2 aromatic rings. The molecule has 26 heavy (non-hydrogen) atoms. The van der Waals surface area contributed by atoms with Gasteiger partial charge in [0, 0.05) is 29.3 Å². The number of nitro groups is 1. The standard InChI is InChI=1S/C19H19N3O3S/c1-11-5-4-6-13(9-11)21-18(26)20-17-12(2)19(21,3)25-16-8-7-14(22(23)24)10-15(16)17/h4-10,12,17H,1-3H3,(H,20,26)/t12-,17-,19+/m1/s1. The number of hydrogen-bond donors (Lipinski definition) is 1. The first-order valence-corrected chi connectivity index (χ1v) is 8.87. The fraction of sp³-hybridized carbons (Fsp3) is 0.316. The largest absolute Gasteiger partial charge is 0.467 e. The number of anilines is 1. The lowest BCUT2D eigenvalue weighted by Crippen LogP contribution is -2.69. The van der Waals surface area contributed by atoms with Crippen molar-refractivity contribution in [3.63, 3.8) is 0 Å². The Morgan fingerprint density at radius 3 is 2.77 bits per heavy atom. The Balaban J connectivity index is 1.84. The zero-order valence-corrected chi connectivity index (χ0v) is 15.5. The topological polar surface area (TPSA) is 67.6 Å². The van der Waals surface area contributed by atoms with E-state index in [0.717, 1.165) is 16.8 Å². The third kappa shape index (κ3) is 2.34.